The Morgan fingerprint density at radius 2 is 1.83 bits per heavy atom. The molecule has 0 saturated heterocycles. The minimum atomic E-state index is -3.92. The topological polar surface area (TPSA) is 105 Å². The van der Waals surface area contributed by atoms with E-state index in [0.29, 0.717) is 11.4 Å². The first-order valence-corrected chi connectivity index (χ1v) is 9.92. The molecular formula is C15H15N3O4S2. The maximum Gasteiger partial charge on any atom is 0.286 e. The van der Waals surface area contributed by atoms with Crippen LogP contribution < -0.4 is 10.0 Å². The van der Waals surface area contributed by atoms with Gasteiger partial charge in [-0.15, -0.1) is 4.40 Å². The lowest BCUT2D eigenvalue weighted by molar-refractivity contribution is 0.597. The summed E-state index contributed by atoms with van der Waals surface area (Å²) in [6.45, 7) is 3.36. The van der Waals surface area contributed by atoms with E-state index in [9.17, 15) is 16.8 Å². The van der Waals surface area contributed by atoms with Crippen LogP contribution in [0.15, 0.2) is 56.7 Å². The fourth-order valence-corrected chi connectivity index (χ4v) is 4.68. The number of hydrogen-bond acceptors (Lipinski definition) is 5. The van der Waals surface area contributed by atoms with Gasteiger partial charge in [-0.2, -0.15) is 8.42 Å². The van der Waals surface area contributed by atoms with Gasteiger partial charge >= 0.3 is 0 Å². The smallest absolute Gasteiger partial charge is 0.286 e. The van der Waals surface area contributed by atoms with E-state index in [2.05, 4.69) is 14.4 Å². The second kappa shape index (κ2) is 5.60. The molecule has 0 bridgehead atoms. The van der Waals surface area contributed by atoms with Crippen LogP contribution in [-0.2, 0) is 20.0 Å². The summed E-state index contributed by atoms with van der Waals surface area (Å²) in [6, 6.07) is 10.7. The van der Waals surface area contributed by atoms with Gasteiger partial charge < -0.3 is 5.32 Å². The molecule has 2 aromatic carbocycles. The fraction of sp³-hybridized carbons (Fsp3) is 0.133. The normalized spacial score (nSPS) is 15.8. The van der Waals surface area contributed by atoms with Gasteiger partial charge in [0, 0.05) is 5.69 Å². The first kappa shape index (κ1) is 16.5. The molecule has 0 aliphatic carbocycles. The third kappa shape index (κ3) is 3.13. The minimum Gasteiger partial charge on any atom is -0.342 e. The van der Waals surface area contributed by atoms with E-state index < -0.39 is 20.0 Å². The van der Waals surface area contributed by atoms with Crippen LogP contribution in [0.2, 0.25) is 0 Å². The van der Waals surface area contributed by atoms with Crippen LogP contribution in [0.3, 0.4) is 0 Å². The van der Waals surface area contributed by atoms with Crippen LogP contribution in [0.25, 0.3) is 0 Å². The number of amidine groups is 1. The van der Waals surface area contributed by atoms with Crippen LogP contribution in [0.1, 0.15) is 12.5 Å². The average molecular weight is 365 g/mol. The number of hydrogen-bond donors (Lipinski definition) is 2. The molecule has 0 radical (unpaired) electrons. The standard InChI is InChI=1S/C15H15N3O4S2/c1-10-4-3-5-12(8-10)18-23(19,20)13-6-7-14-15(9-13)24(21,22)17-11(2)16-14/h3-9,18H,1-2H3,(H,16,17). The molecule has 0 atom stereocenters. The molecule has 0 saturated carbocycles. The van der Waals surface area contributed by atoms with E-state index in [1.807, 2.05) is 13.0 Å². The van der Waals surface area contributed by atoms with E-state index in [1.165, 1.54) is 19.1 Å². The number of fused-ring (bicyclic) bond motifs is 1. The van der Waals surface area contributed by atoms with Crippen molar-refractivity contribution in [1.82, 2.24) is 0 Å². The van der Waals surface area contributed by atoms with Gasteiger partial charge in [0.1, 0.15) is 10.7 Å². The van der Waals surface area contributed by atoms with Crippen molar-refractivity contribution in [3.8, 4) is 0 Å². The van der Waals surface area contributed by atoms with Crippen molar-refractivity contribution in [2.75, 3.05) is 10.0 Å². The highest BCUT2D eigenvalue weighted by atomic mass is 32.2. The lowest BCUT2D eigenvalue weighted by atomic mass is 10.2. The summed E-state index contributed by atoms with van der Waals surface area (Å²) < 4.78 is 55.2. The zero-order chi connectivity index (χ0) is 17.5. The SMILES string of the molecule is CC1=NS(=O)(=O)c2cc(S(=O)(=O)Nc3cccc(C)c3)ccc2N1. The molecule has 1 aliphatic heterocycles. The summed E-state index contributed by atoms with van der Waals surface area (Å²) in [7, 11) is -7.84. The van der Waals surface area contributed by atoms with Gasteiger partial charge in [0.25, 0.3) is 20.0 Å². The molecular weight excluding hydrogens is 350 g/mol. The van der Waals surface area contributed by atoms with Crippen molar-refractivity contribution in [2.24, 2.45) is 4.40 Å². The Bertz CT molecular complexity index is 1060. The lowest BCUT2D eigenvalue weighted by Crippen LogP contribution is -2.20. The van der Waals surface area contributed by atoms with Crippen molar-refractivity contribution in [3.05, 3.63) is 48.0 Å². The zero-order valence-corrected chi connectivity index (χ0v) is 14.6. The summed E-state index contributed by atoms with van der Waals surface area (Å²) in [6.07, 6.45) is 0. The fourth-order valence-electron chi connectivity index (χ4n) is 2.36. The Balaban J connectivity index is 2.03. The van der Waals surface area contributed by atoms with Gasteiger partial charge in [-0.1, -0.05) is 12.1 Å². The lowest BCUT2D eigenvalue weighted by Gasteiger charge is -2.17. The third-order valence-corrected chi connectivity index (χ3v) is 6.17. The highest BCUT2D eigenvalue weighted by Crippen LogP contribution is 2.30. The van der Waals surface area contributed by atoms with E-state index in [4.69, 9.17) is 0 Å². The maximum absolute atomic E-state index is 12.5. The number of benzene rings is 2. The summed E-state index contributed by atoms with van der Waals surface area (Å²) in [4.78, 5) is -0.317. The van der Waals surface area contributed by atoms with Gasteiger partial charge in [-0.05, 0) is 49.7 Å². The van der Waals surface area contributed by atoms with Crippen molar-refractivity contribution in [3.63, 3.8) is 0 Å². The monoisotopic (exact) mass is 365 g/mol. The molecule has 2 aromatic rings. The van der Waals surface area contributed by atoms with Crippen molar-refractivity contribution in [1.29, 1.82) is 0 Å². The van der Waals surface area contributed by atoms with Crippen molar-refractivity contribution < 1.29 is 16.8 Å². The summed E-state index contributed by atoms with van der Waals surface area (Å²) >= 11 is 0. The molecule has 3 rings (SSSR count). The van der Waals surface area contributed by atoms with Gasteiger partial charge in [0.05, 0.1) is 10.6 Å². The zero-order valence-electron chi connectivity index (χ0n) is 12.9. The molecule has 2 N–H and O–H groups in total. The van der Waals surface area contributed by atoms with Crippen LogP contribution in [0.4, 0.5) is 11.4 Å². The van der Waals surface area contributed by atoms with E-state index in [-0.39, 0.29) is 15.6 Å². The molecule has 1 aliphatic rings. The molecule has 0 aromatic heterocycles. The highest BCUT2D eigenvalue weighted by molar-refractivity contribution is 7.93. The van der Waals surface area contributed by atoms with Crippen LogP contribution in [0.5, 0.6) is 0 Å². The Kier molecular flexibility index (Phi) is 3.84. The van der Waals surface area contributed by atoms with Gasteiger partial charge in [-0.25, -0.2) is 8.42 Å². The van der Waals surface area contributed by atoms with Crippen LogP contribution >= 0.6 is 0 Å². The number of rotatable bonds is 3. The molecule has 1 heterocycles. The maximum atomic E-state index is 12.5. The Morgan fingerprint density at radius 1 is 1.08 bits per heavy atom. The Morgan fingerprint density at radius 3 is 2.54 bits per heavy atom. The number of sulfonamides is 2. The molecule has 0 amide bonds. The van der Waals surface area contributed by atoms with Gasteiger partial charge in [0.2, 0.25) is 0 Å². The first-order chi connectivity index (χ1) is 11.2. The van der Waals surface area contributed by atoms with E-state index in [1.54, 1.807) is 18.2 Å². The largest absolute Gasteiger partial charge is 0.342 e. The summed E-state index contributed by atoms with van der Waals surface area (Å²) in [5.74, 6) is 0.232. The Labute approximate surface area is 140 Å². The molecule has 126 valence electrons. The molecule has 0 fully saturated rings. The second-order valence-electron chi connectivity index (χ2n) is 5.41. The number of nitrogens with zero attached hydrogens (tertiary/aromatic N) is 1. The predicted octanol–water partition coefficient (Wildman–Crippen LogP) is 2.33. The third-order valence-electron chi connectivity index (χ3n) is 3.38. The van der Waals surface area contributed by atoms with E-state index >= 15 is 0 Å². The summed E-state index contributed by atoms with van der Waals surface area (Å²) in [5, 5.41) is 2.81. The molecule has 9 heteroatoms. The van der Waals surface area contributed by atoms with Crippen LogP contribution in [0, 0.1) is 6.92 Å². The molecule has 0 spiro atoms. The first-order valence-electron chi connectivity index (χ1n) is 6.99. The van der Waals surface area contributed by atoms with E-state index in [0.717, 1.165) is 11.6 Å². The average Bonchev–Trinajstić information content (AvgIpc) is 2.45. The number of anilines is 2. The highest BCUT2D eigenvalue weighted by Gasteiger charge is 2.26. The van der Waals surface area contributed by atoms with Gasteiger partial charge in [0.15, 0.2) is 0 Å². The predicted molar refractivity (Wildman–Crippen MR) is 92.3 cm³/mol. The Hall–Kier alpha value is -2.39. The molecule has 0 unspecified atom stereocenters. The molecule has 24 heavy (non-hydrogen) atoms. The van der Waals surface area contributed by atoms with Crippen molar-refractivity contribution in [2.45, 2.75) is 23.6 Å². The summed E-state index contributed by atoms with van der Waals surface area (Å²) in [5.41, 5.74) is 1.61. The minimum absolute atomic E-state index is 0.150. The van der Waals surface area contributed by atoms with Gasteiger partial charge in [-0.3, -0.25) is 4.72 Å². The second-order valence-corrected chi connectivity index (χ2v) is 8.66. The number of nitrogens with one attached hydrogen (secondary N) is 2. The van der Waals surface area contributed by atoms with Crippen molar-refractivity contribution >= 4 is 37.3 Å². The quantitative estimate of drug-likeness (QED) is 0.868. The molecule has 7 nitrogen and oxygen atoms in total. The number of aryl methyl sites for hydroxylation is 1. The van der Waals surface area contributed by atoms with Crippen LogP contribution in [-0.4, -0.2) is 22.7 Å².